The van der Waals surface area contributed by atoms with E-state index in [2.05, 4.69) is 16.3 Å². The lowest BCUT2D eigenvalue weighted by Gasteiger charge is -2.28. The molecule has 0 bridgehead atoms. The Bertz CT molecular complexity index is 157. The van der Waals surface area contributed by atoms with Crippen LogP contribution in [0.25, 0.3) is 0 Å². The monoisotopic (exact) mass is 151 g/mol. The summed E-state index contributed by atoms with van der Waals surface area (Å²) in [6.07, 6.45) is 7.54. The predicted octanol–water partition coefficient (Wildman–Crippen LogP) is 1.32. The number of piperidine rings is 1. The van der Waals surface area contributed by atoms with Gasteiger partial charge in [-0.3, -0.25) is 5.32 Å². The van der Waals surface area contributed by atoms with E-state index in [0.29, 0.717) is 0 Å². The quantitative estimate of drug-likeness (QED) is 0.552. The molecule has 61 valence electrons. The molecule has 0 unspecified atom stereocenters. The average molecular weight is 151 g/mol. The summed E-state index contributed by atoms with van der Waals surface area (Å²) in [5.41, 5.74) is 0. The van der Waals surface area contributed by atoms with Crippen LogP contribution in [0.5, 0.6) is 0 Å². The van der Waals surface area contributed by atoms with Crippen LogP contribution in [0.4, 0.5) is 0 Å². The van der Waals surface area contributed by atoms with Crippen LogP contribution in [0.3, 0.4) is 0 Å². The van der Waals surface area contributed by atoms with E-state index in [9.17, 15) is 0 Å². The lowest BCUT2D eigenvalue weighted by Crippen LogP contribution is -2.31. The molecule has 1 fully saturated rings. The Morgan fingerprint density at radius 3 is 2.64 bits per heavy atom. The highest BCUT2D eigenvalue weighted by Gasteiger charge is 2.15. The zero-order chi connectivity index (χ0) is 7.52. The van der Waals surface area contributed by atoms with Gasteiger partial charge < -0.3 is 4.90 Å². The third-order valence-electron chi connectivity index (χ3n) is 2.41. The maximum atomic E-state index is 4.45. The van der Waals surface area contributed by atoms with E-state index in [4.69, 9.17) is 0 Å². The van der Waals surface area contributed by atoms with Gasteiger partial charge in [0.15, 0.2) is 0 Å². The van der Waals surface area contributed by atoms with Crippen molar-refractivity contribution in [3.8, 4) is 0 Å². The standard InChI is InChI=1S/C9H15N2/c1-2-7-11(8-3-1)9-5-4-6-10-9/h5H,1-4,6-8H2. The molecular weight excluding hydrogens is 136 g/mol. The van der Waals surface area contributed by atoms with E-state index >= 15 is 0 Å². The number of hydrogen-bond acceptors (Lipinski definition) is 1. The first-order valence-electron chi connectivity index (χ1n) is 4.59. The Morgan fingerprint density at radius 2 is 2.00 bits per heavy atom. The fourth-order valence-electron chi connectivity index (χ4n) is 1.79. The fourth-order valence-corrected chi connectivity index (χ4v) is 1.79. The van der Waals surface area contributed by atoms with Crippen molar-refractivity contribution in [1.29, 1.82) is 0 Å². The van der Waals surface area contributed by atoms with Crippen molar-refractivity contribution in [3.05, 3.63) is 11.9 Å². The van der Waals surface area contributed by atoms with Gasteiger partial charge in [-0.05, 0) is 31.8 Å². The first-order valence-corrected chi connectivity index (χ1v) is 4.59. The highest BCUT2D eigenvalue weighted by Crippen LogP contribution is 2.16. The van der Waals surface area contributed by atoms with Crippen LogP contribution >= 0.6 is 0 Å². The molecule has 2 aliphatic rings. The Morgan fingerprint density at radius 1 is 1.18 bits per heavy atom. The molecule has 11 heavy (non-hydrogen) atoms. The van der Waals surface area contributed by atoms with Crippen molar-refractivity contribution in [1.82, 2.24) is 10.2 Å². The van der Waals surface area contributed by atoms with Gasteiger partial charge in [0.1, 0.15) is 5.82 Å². The van der Waals surface area contributed by atoms with E-state index in [1.807, 2.05) is 0 Å². The molecule has 2 nitrogen and oxygen atoms in total. The zero-order valence-electron chi connectivity index (χ0n) is 6.92. The van der Waals surface area contributed by atoms with Crippen LogP contribution in [0.2, 0.25) is 0 Å². The summed E-state index contributed by atoms with van der Waals surface area (Å²) in [6.45, 7) is 3.48. The molecule has 0 aromatic rings. The molecule has 0 spiro atoms. The van der Waals surface area contributed by atoms with Crippen molar-refractivity contribution in [2.24, 2.45) is 0 Å². The number of nitrogens with zero attached hydrogens (tertiary/aromatic N) is 2. The molecule has 0 aromatic heterocycles. The Hall–Kier alpha value is -0.660. The smallest absolute Gasteiger partial charge is 0.119 e. The Labute approximate surface area is 68.3 Å². The van der Waals surface area contributed by atoms with E-state index in [0.717, 1.165) is 13.0 Å². The van der Waals surface area contributed by atoms with Crippen LogP contribution in [0, 0.1) is 0 Å². The second-order valence-corrected chi connectivity index (χ2v) is 3.28. The van der Waals surface area contributed by atoms with E-state index in [-0.39, 0.29) is 0 Å². The molecule has 2 aliphatic heterocycles. The SMILES string of the molecule is C1=C(N2CCCCC2)[N]CC1. The van der Waals surface area contributed by atoms with Gasteiger partial charge >= 0.3 is 0 Å². The van der Waals surface area contributed by atoms with E-state index < -0.39 is 0 Å². The molecule has 0 N–H and O–H groups in total. The highest BCUT2D eigenvalue weighted by molar-refractivity contribution is 5.04. The van der Waals surface area contributed by atoms with Gasteiger partial charge in [-0.25, -0.2) is 0 Å². The van der Waals surface area contributed by atoms with Gasteiger partial charge in [-0.2, -0.15) is 0 Å². The lowest BCUT2D eigenvalue weighted by molar-refractivity contribution is 0.271. The third kappa shape index (κ3) is 1.50. The van der Waals surface area contributed by atoms with Crippen molar-refractivity contribution in [3.63, 3.8) is 0 Å². The molecule has 2 heteroatoms. The second kappa shape index (κ2) is 3.16. The van der Waals surface area contributed by atoms with Gasteiger partial charge in [0.25, 0.3) is 0 Å². The number of likely N-dealkylation sites (tertiary alicyclic amines) is 1. The van der Waals surface area contributed by atoms with E-state index in [1.165, 1.54) is 38.2 Å². The van der Waals surface area contributed by atoms with Crippen LogP contribution in [-0.4, -0.2) is 24.5 Å². The van der Waals surface area contributed by atoms with E-state index in [1.54, 1.807) is 0 Å². The molecule has 0 amide bonds. The van der Waals surface area contributed by atoms with Crippen LogP contribution in [-0.2, 0) is 0 Å². The molecule has 0 aromatic carbocycles. The van der Waals surface area contributed by atoms with Crippen molar-refractivity contribution >= 4 is 0 Å². The largest absolute Gasteiger partial charge is 0.357 e. The normalized spacial score (nSPS) is 24.7. The first-order chi connectivity index (χ1) is 5.47. The van der Waals surface area contributed by atoms with Crippen molar-refractivity contribution in [2.45, 2.75) is 25.7 Å². The first kappa shape index (κ1) is 7.01. The van der Waals surface area contributed by atoms with Gasteiger partial charge in [-0.15, -0.1) is 0 Å². The average Bonchev–Trinajstić information content (AvgIpc) is 2.58. The Balaban J connectivity index is 1.92. The molecule has 2 rings (SSSR count). The molecule has 2 heterocycles. The van der Waals surface area contributed by atoms with Crippen LogP contribution < -0.4 is 5.32 Å². The summed E-state index contributed by atoms with van der Waals surface area (Å²) in [5, 5.41) is 4.45. The summed E-state index contributed by atoms with van der Waals surface area (Å²) in [6, 6.07) is 0. The van der Waals surface area contributed by atoms with Gasteiger partial charge in [0, 0.05) is 19.6 Å². The molecule has 1 radical (unpaired) electrons. The van der Waals surface area contributed by atoms with Crippen LogP contribution in [0.15, 0.2) is 11.9 Å². The summed E-state index contributed by atoms with van der Waals surface area (Å²) >= 11 is 0. The minimum absolute atomic E-state index is 1.02. The molecule has 0 saturated carbocycles. The fraction of sp³-hybridized carbons (Fsp3) is 0.778. The maximum Gasteiger partial charge on any atom is 0.119 e. The second-order valence-electron chi connectivity index (χ2n) is 3.28. The topological polar surface area (TPSA) is 17.3 Å². The lowest BCUT2D eigenvalue weighted by atomic mass is 10.1. The molecule has 1 saturated heterocycles. The van der Waals surface area contributed by atoms with Gasteiger partial charge in [0.05, 0.1) is 0 Å². The maximum absolute atomic E-state index is 4.45. The summed E-state index contributed by atoms with van der Waals surface area (Å²) in [4.78, 5) is 2.43. The minimum atomic E-state index is 1.02. The third-order valence-corrected chi connectivity index (χ3v) is 2.41. The molecular formula is C9H15N2. The van der Waals surface area contributed by atoms with Crippen molar-refractivity contribution in [2.75, 3.05) is 19.6 Å². The summed E-state index contributed by atoms with van der Waals surface area (Å²) in [7, 11) is 0. The zero-order valence-corrected chi connectivity index (χ0v) is 6.92. The molecule has 0 atom stereocenters. The minimum Gasteiger partial charge on any atom is -0.357 e. The highest BCUT2D eigenvalue weighted by atomic mass is 15.2. The van der Waals surface area contributed by atoms with Crippen LogP contribution in [0.1, 0.15) is 25.7 Å². The van der Waals surface area contributed by atoms with Gasteiger partial charge in [0.2, 0.25) is 0 Å². The summed E-state index contributed by atoms with van der Waals surface area (Å²) in [5.74, 6) is 1.27. The number of rotatable bonds is 1. The predicted molar refractivity (Wildman–Crippen MR) is 45.1 cm³/mol. The molecule has 0 aliphatic carbocycles. The van der Waals surface area contributed by atoms with Gasteiger partial charge in [-0.1, -0.05) is 0 Å². The summed E-state index contributed by atoms with van der Waals surface area (Å²) < 4.78 is 0. The Kier molecular flexibility index (Phi) is 2.01. The van der Waals surface area contributed by atoms with Crippen molar-refractivity contribution < 1.29 is 0 Å². The number of hydrogen-bond donors (Lipinski definition) is 0.